The summed E-state index contributed by atoms with van der Waals surface area (Å²) >= 11 is 0. The number of hydrogen-bond donors (Lipinski definition) is 2. The monoisotopic (exact) mass is 322 g/mol. The van der Waals surface area contributed by atoms with Crippen LogP contribution in [0.5, 0.6) is 0 Å². The topological polar surface area (TPSA) is 106 Å². The maximum atomic E-state index is 8.59. The molecule has 0 saturated carbocycles. The van der Waals surface area contributed by atoms with Crippen LogP contribution in [-0.4, -0.2) is 32.9 Å². The smallest absolute Gasteiger partial charge is 0.254 e. The first-order valence-electron chi connectivity index (χ1n) is 3.96. The van der Waals surface area contributed by atoms with Crippen molar-refractivity contribution < 1.29 is 13.0 Å². The third-order valence-electron chi connectivity index (χ3n) is 0.955. The SMILES string of the molecule is Br.O=[SH](=O)O.c1cnccn1.c1cnccn1. The Morgan fingerprint density at radius 3 is 0.824 bits per heavy atom. The Kier molecular flexibility index (Phi) is 15.3. The number of thiol groups is 1. The number of rotatable bonds is 0. The van der Waals surface area contributed by atoms with Crippen LogP contribution in [0.25, 0.3) is 0 Å². The highest BCUT2D eigenvalue weighted by Gasteiger charge is 1.59. The largest absolute Gasteiger partial charge is 0.288 e. The number of hydrogen-bond acceptors (Lipinski definition) is 6. The van der Waals surface area contributed by atoms with Gasteiger partial charge in [-0.05, 0) is 0 Å². The summed E-state index contributed by atoms with van der Waals surface area (Å²) < 4.78 is 24.2. The Morgan fingerprint density at radius 2 is 0.765 bits per heavy atom. The lowest BCUT2D eigenvalue weighted by Gasteiger charge is -1.70. The van der Waals surface area contributed by atoms with Crippen molar-refractivity contribution in [3.05, 3.63) is 49.6 Å². The molecule has 0 bridgehead atoms. The van der Waals surface area contributed by atoms with E-state index in [0.29, 0.717) is 0 Å². The molecule has 2 rings (SSSR count). The predicted octanol–water partition coefficient (Wildman–Crippen LogP) is 0.602. The van der Waals surface area contributed by atoms with Crippen LogP contribution in [0.4, 0.5) is 0 Å². The minimum atomic E-state index is -3.12. The van der Waals surface area contributed by atoms with Gasteiger partial charge < -0.3 is 0 Å². The highest BCUT2D eigenvalue weighted by molar-refractivity contribution is 8.93. The standard InChI is InChI=1S/2C4H4N2.BrH.H2O3S/c2*1-2-6-4-3-5-1;;1-4(2)3/h2*1-4H;1H;4H,(H,1,2,3). The van der Waals surface area contributed by atoms with Crippen molar-refractivity contribution in [1.29, 1.82) is 0 Å². The molecule has 94 valence electrons. The Labute approximate surface area is 111 Å². The van der Waals surface area contributed by atoms with Gasteiger partial charge in [-0.25, -0.2) is 8.42 Å². The van der Waals surface area contributed by atoms with Crippen LogP contribution in [0.1, 0.15) is 0 Å². The first-order valence-corrected chi connectivity index (χ1v) is 5.09. The lowest BCUT2D eigenvalue weighted by molar-refractivity contribution is 0.509. The average Bonchev–Trinajstić information content (AvgIpc) is 2.34. The van der Waals surface area contributed by atoms with E-state index < -0.39 is 11.0 Å². The Hall–Kier alpha value is -1.45. The first-order chi connectivity index (χ1) is 7.73. The molecule has 0 aliphatic heterocycles. The highest BCUT2D eigenvalue weighted by Crippen LogP contribution is 1.66. The van der Waals surface area contributed by atoms with Gasteiger partial charge in [-0.3, -0.25) is 24.5 Å². The highest BCUT2D eigenvalue weighted by atomic mass is 79.9. The maximum absolute atomic E-state index is 8.59. The van der Waals surface area contributed by atoms with Crippen molar-refractivity contribution in [2.24, 2.45) is 0 Å². The van der Waals surface area contributed by atoms with Gasteiger partial charge in [0.25, 0.3) is 11.0 Å². The molecule has 2 heterocycles. The minimum Gasteiger partial charge on any atom is -0.288 e. The van der Waals surface area contributed by atoms with Crippen molar-refractivity contribution in [3.63, 3.8) is 0 Å². The molecule has 0 fully saturated rings. The Morgan fingerprint density at radius 1 is 0.647 bits per heavy atom. The molecule has 17 heavy (non-hydrogen) atoms. The third-order valence-corrected chi connectivity index (χ3v) is 0.955. The molecule has 0 atom stereocenters. The summed E-state index contributed by atoms with van der Waals surface area (Å²) in [5, 5.41) is 0. The van der Waals surface area contributed by atoms with E-state index >= 15 is 0 Å². The van der Waals surface area contributed by atoms with E-state index in [9.17, 15) is 0 Å². The second kappa shape index (κ2) is 14.6. The van der Waals surface area contributed by atoms with Gasteiger partial charge in [0.1, 0.15) is 0 Å². The first kappa shape index (κ1) is 17.9. The van der Waals surface area contributed by atoms with Crippen LogP contribution in [0.15, 0.2) is 49.6 Å². The molecule has 0 aliphatic rings. The van der Waals surface area contributed by atoms with Gasteiger partial charge in [-0.2, -0.15) is 0 Å². The zero-order valence-electron chi connectivity index (χ0n) is 8.53. The van der Waals surface area contributed by atoms with E-state index in [1.807, 2.05) is 0 Å². The fourth-order valence-electron chi connectivity index (χ4n) is 0.507. The van der Waals surface area contributed by atoms with E-state index in [4.69, 9.17) is 13.0 Å². The predicted molar refractivity (Wildman–Crippen MR) is 67.3 cm³/mol. The quantitative estimate of drug-likeness (QED) is 0.540. The molecule has 0 spiro atoms. The molecule has 9 heteroatoms. The maximum Gasteiger partial charge on any atom is 0.254 e. The fraction of sp³-hybridized carbons (Fsp3) is 0. The summed E-state index contributed by atoms with van der Waals surface area (Å²) in [5.74, 6) is 0. The van der Waals surface area contributed by atoms with Crippen molar-refractivity contribution in [2.75, 3.05) is 0 Å². The average molecular weight is 323 g/mol. The van der Waals surface area contributed by atoms with E-state index in [1.165, 1.54) is 0 Å². The van der Waals surface area contributed by atoms with Gasteiger partial charge in [0.15, 0.2) is 0 Å². The van der Waals surface area contributed by atoms with Gasteiger partial charge in [0, 0.05) is 49.6 Å². The lowest BCUT2D eigenvalue weighted by atomic mass is 10.8. The van der Waals surface area contributed by atoms with Gasteiger partial charge in [-0.1, -0.05) is 0 Å². The molecule has 0 radical (unpaired) electrons. The number of aromatic nitrogens is 4. The number of nitrogens with zero attached hydrogens (tertiary/aromatic N) is 4. The fourth-order valence-corrected chi connectivity index (χ4v) is 0.507. The van der Waals surface area contributed by atoms with E-state index in [0.717, 1.165) is 0 Å². The molecular weight excluding hydrogens is 312 g/mol. The van der Waals surface area contributed by atoms with Crippen LogP contribution >= 0.6 is 17.0 Å². The summed E-state index contributed by atoms with van der Waals surface area (Å²) in [7, 11) is -3.12. The van der Waals surface area contributed by atoms with Crippen molar-refractivity contribution in [1.82, 2.24) is 19.9 Å². The van der Waals surface area contributed by atoms with Gasteiger partial charge in [0.2, 0.25) is 0 Å². The molecule has 0 amide bonds. The Balaban J connectivity index is 0. The summed E-state index contributed by atoms with van der Waals surface area (Å²) in [6, 6.07) is 0. The summed E-state index contributed by atoms with van der Waals surface area (Å²) in [5.41, 5.74) is 0. The van der Waals surface area contributed by atoms with Crippen molar-refractivity contribution in [2.45, 2.75) is 0 Å². The minimum absolute atomic E-state index is 0. The molecule has 2 aromatic heterocycles. The van der Waals surface area contributed by atoms with Crippen molar-refractivity contribution in [3.8, 4) is 0 Å². The third kappa shape index (κ3) is 20.6. The lowest BCUT2D eigenvalue weighted by Crippen LogP contribution is -1.66. The van der Waals surface area contributed by atoms with Crippen LogP contribution in [0, 0.1) is 0 Å². The molecule has 1 N–H and O–H groups in total. The normalized spacial score (nSPS) is 7.65. The zero-order valence-corrected chi connectivity index (χ0v) is 11.1. The summed E-state index contributed by atoms with van der Waals surface area (Å²) in [6.45, 7) is 0. The van der Waals surface area contributed by atoms with E-state index in [1.54, 1.807) is 49.6 Å². The molecule has 2 aromatic rings. The van der Waals surface area contributed by atoms with Crippen LogP contribution in [0.3, 0.4) is 0 Å². The van der Waals surface area contributed by atoms with E-state index in [2.05, 4.69) is 19.9 Å². The van der Waals surface area contributed by atoms with Crippen LogP contribution in [0.2, 0.25) is 0 Å². The van der Waals surface area contributed by atoms with Crippen LogP contribution < -0.4 is 0 Å². The van der Waals surface area contributed by atoms with E-state index in [-0.39, 0.29) is 17.0 Å². The zero-order chi connectivity index (χ0) is 12.1. The second-order valence-electron chi connectivity index (χ2n) is 2.03. The molecule has 0 unspecified atom stereocenters. The second-order valence-corrected chi connectivity index (χ2v) is 2.50. The van der Waals surface area contributed by atoms with Gasteiger partial charge in [0.05, 0.1) is 0 Å². The molecular formula is C8H11BrN4O3S. The molecule has 0 aliphatic carbocycles. The number of halogens is 1. The van der Waals surface area contributed by atoms with Gasteiger partial charge >= 0.3 is 0 Å². The molecule has 0 saturated heterocycles. The summed E-state index contributed by atoms with van der Waals surface area (Å²) in [4.78, 5) is 14.9. The molecule has 7 nitrogen and oxygen atoms in total. The van der Waals surface area contributed by atoms with Crippen molar-refractivity contribution >= 4 is 28.0 Å². The molecule has 0 aromatic carbocycles. The van der Waals surface area contributed by atoms with Gasteiger partial charge in [-0.15, -0.1) is 17.0 Å². The Bertz CT molecular complexity index is 323. The summed E-state index contributed by atoms with van der Waals surface area (Å²) in [6.07, 6.45) is 13.1. The van der Waals surface area contributed by atoms with Crippen LogP contribution in [-0.2, 0) is 11.0 Å².